The second kappa shape index (κ2) is 5.19. The predicted octanol–water partition coefficient (Wildman–Crippen LogP) is 2.71. The summed E-state index contributed by atoms with van der Waals surface area (Å²) in [5.41, 5.74) is 1.58. The van der Waals surface area contributed by atoms with Crippen LogP contribution in [0.4, 0.5) is 5.82 Å². The van der Waals surface area contributed by atoms with Gasteiger partial charge in [-0.25, -0.2) is 4.98 Å². The number of anilines is 1. The van der Waals surface area contributed by atoms with Crippen molar-refractivity contribution in [1.82, 2.24) is 4.98 Å². The molecule has 1 aromatic carbocycles. The Morgan fingerprint density at radius 2 is 1.89 bits per heavy atom. The van der Waals surface area contributed by atoms with Gasteiger partial charge in [-0.05, 0) is 31.0 Å². The molecule has 2 N–H and O–H groups in total. The molecule has 0 fully saturated rings. The summed E-state index contributed by atoms with van der Waals surface area (Å²) in [5, 5.41) is 13.0. The molecular formula is C15H18N2O. The van der Waals surface area contributed by atoms with E-state index in [2.05, 4.69) is 10.3 Å². The van der Waals surface area contributed by atoms with Crippen LogP contribution in [0.3, 0.4) is 0 Å². The van der Waals surface area contributed by atoms with Crippen molar-refractivity contribution in [2.75, 3.05) is 11.9 Å². The van der Waals surface area contributed by atoms with Gasteiger partial charge >= 0.3 is 0 Å². The van der Waals surface area contributed by atoms with Crippen LogP contribution in [0.25, 0.3) is 0 Å². The molecule has 3 nitrogen and oxygen atoms in total. The van der Waals surface area contributed by atoms with Crippen LogP contribution in [0.1, 0.15) is 18.1 Å². The number of aliphatic hydroxyl groups excluding tert-OH is 1. The fraction of sp³-hybridized carbons (Fsp3) is 0.267. The van der Waals surface area contributed by atoms with Crippen LogP contribution in [0.5, 0.6) is 0 Å². The number of rotatable bonds is 4. The first-order chi connectivity index (χ1) is 8.65. The highest BCUT2D eigenvalue weighted by Crippen LogP contribution is 2.25. The van der Waals surface area contributed by atoms with Gasteiger partial charge < -0.3 is 10.4 Å². The van der Waals surface area contributed by atoms with Crippen LogP contribution in [0.15, 0.2) is 48.7 Å². The number of hydrogen-bond donors (Lipinski definition) is 2. The van der Waals surface area contributed by atoms with E-state index in [1.807, 2.05) is 56.3 Å². The van der Waals surface area contributed by atoms with Gasteiger partial charge in [0.15, 0.2) is 0 Å². The van der Waals surface area contributed by atoms with Crippen LogP contribution in [-0.2, 0) is 5.54 Å². The molecule has 0 bridgehead atoms. The molecule has 0 aliphatic rings. The maximum absolute atomic E-state index is 9.70. The van der Waals surface area contributed by atoms with E-state index < -0.39 is 5.54 Å². The molecule has 0 spiro atoms. The Hall–Kier alpha value is -1.87. The average Bonchev–Trinajstić information content (AvgIpc) is 2.42. The van der Waals surface area contributed by atoms with Crippen molar-refractivity contribution in [2.24, 2.45) is 0 Å². The van der Waals surface area contributed by atoms with E-state index in [0.717, 1.165) is 16.9 Å². The molecule has 1 heterocycles. The number of pyridine rings is 1. The van der Waals surface area contributed by atoms with E-state index in [4.69, 9.17) is 0 Å². The summed E-state index contributed by atoms with van der Waals surface area (Å²) in [4.78, 5) is 4.31. The van der Waals surface area contributed by atoms with Gasteiger partial charge in [0.25, 0.3) is 0 Å². The third-order valence-corrected chi connectivity index (χ3v) is 3.13. The van der Waals surface area contributed by atoms with Gasteiger partial charge in [-0.2, -0.15) is 0 Å². The van der Waals surface area contributed by atoms with E-state index in [1.54, 1.807) is 6.20 Å². The molecule has 0 aliphatic carbocycles. The molecule has 94 valence electrons. The predicted molar refractivity (Wildman–Crippen MR) is 73.5 cm³/mol. The lowest BCUT2D eigenvalue weighted by atomic mass is 9.92. The highest BCUT2D eigenvalue weighted by Gasteiger charge is 2.26. The van der Waals surface area contributed by atoms with Crippen LogP contribution in [0.2, 0.25) is 0 Å². The number of benzene rings is 1. The smallest absolute Gasteiger partial charge is 0.129 e. The number of nitrogens with zero attached hydrogens (tertiary/aromatic N) is 1. The average molecular weight is 242 g/mol. The number of aryl methyl sites for hydroxylation is 1. The maximum Gasteiger partial charge on any atom is 0.129 e. The largest absolute Gasteiger partial charge is 0.394 e. The topological polar surface area (TPSA) is 45.2 Å². The fourth-order valence-corrected chi connectivity index (χ4v) is 1.89. The van der Waals surface area contributed by atoms with E-state index in [-0.39, 0.29) is 6.61 Å². The van der Waals surface area contributed by atoms with E-state index in [9.17, 15) is 5.11 Å². The van der Waals surface area contributed by atoms with Crippen LogP contribution in [0, 0.1) is 6.92 Å². The van der Waals surface area contributed by atoms with Crippen molar-refractivity contribution in [1.29, 1.82) is 0 Å². The first-order valence-corrected chi connectivity index (χ1v) is 6.02. The minimum absolute atomic E-state index is 0.00697. The summed E-state index contributed by atoms with van der Waals surface area (Å²) >= 11 is 0. The second-order valence-electron chi connectivity index (χ2n) is 4.65. The highest BCUT2D eigenvalue weighted by molar-refractivity contribution is 5.47. The van der Waals surface area contributed by atoms with Gasteiger partial charge in [-0.1, -0.05) is 36.4 Å². The molecule has 2 rings (SSSR count). The first-order valence-electron chi connectivity index (χ1n) is 6.02. The molecule has 1 aromatic heterocycles. The second-order valence-corrected chi connectivity index (χ2v) is 4.65. The molecule has 0 radical (unpaired) electrons. The third kappa shape index (κ3) is 2.51. The Bertz CT molecular complexity index is 513. The van der Waals surface area contributed by atoms with E-state index in [1.165, 1.54) is 0 Å². The summed E-state index contributed by atoms with van der Waals surface area (Å²) in [7, 11) is 0. The minimum Gasteiger partial charge on any atom is -0.394 e. The zero-order valence-corrected chi connectivity index (χ0v) is 10.7. The van der Waals surface area contributed by atoms with Gasteiger partial charge in [-0.15, -0.1) is 0 Å². The zero-order valence-electron chi connectivity index (χ0n) is 10.7. The van der Waals surface area contributed by atoms with Gasteiger partial charge in [0.1, 0.15) is 5.82 Å². The highest BCUT2D eigenvalue weighted by atomic mass is 16.3. The van der Waals surface area contributed by atoms with Crippen molar-refractivity contribution in [3.05, 3.63) is 59.8 Å². The summed E-state index contributed by atoms with van der Waals surface area (Å²) in [6.07, 6.45) is 1.75. The van der Waals surface area contributed by atoms with Gasteiger partial charge in [0.05, 0.1) is 12.1 Å². The standard InChI is InChI=1S/C15H18N2O/c1-12-7-6-10-16-14(12)17-15(2,11-18)13-8-4-3-5-9-13/h3-10,18H,11H2,1-2H3,(H,16,17). The summed E-state index contributed by atoms with van der Waals surface area (Å²) < 4.78 is 0. The molecule has 1 unspecified atom stereocenters. The Kier molecular flexibility index (Phi) is 3.63. The van der Waals surface area contributed by atoms with Gasteiger partial charge in [-0.3, -0.25) is 0 Å². The molecule has 2 aromatic rings. The van der Waals surface area contributed by atoms with E-state index >= 15 is 0 Å². The molecule has 0 amide bonds. The van der Waals surface area contributed by atoms with Crippen LogP contribution >= 0.6 is 0 Å². The summed E-state index contributed by atoms with van der Waals surface area (Å²) in [6.45, 7) is 3.97. The quantitative estimate of drug-likeness (QED) is 0.866. The number of hydrogen-bond acceptors (Lipinski definition) is 3. The third-order valence-electron chi connectivity index (χ3n) is 3.13. The van der Waals surface area contributed by atoms with Crippen LogP contribution in [-0.4, -0.2) is 16.7 Å². The van der Waals surface area contributed by atoms with Crippen molar-refractivity contribution >= 4 is 5.82 Å². The first kappa shape index (κ1) is 12.6. The maximum atomic E-state index is 9.70. The van der Waals surface area contributed by atoms with Gasteiger partial charge in [0, 0.05) is 6.20 Å². The molecule has 0 aliphatic heterocycles. The fourth-order valence-electron chi connectivity index (χ4n) is 1.89. The van der Waals surface area contributed by atoms with E-state index in [0.29, 0.717) is 0 Å². The SMILES string of the molecule is Cc1cccnc1NC(C)(CO)c1ccccc1. The lowest BCUT2D eigenvalue weighted by Crippen LogP contribution is -2.36. The number of aliphatic hydroxyl groups is 1. The number of aromatic nitrogens is 1. The van der Waals surface area contributed by atoms with Crippen molar-refractivity contribution < 1.29 is 5.11 Å². The monoisotopic (exact) mass is 242 g/mol. The molecular weight excluding hydrogens is 224 g/mol. The molecule has 1 atom stereocenters. The van der Waals surface area contributed by atoms with Crippen molar-refractivity contribution in [3.63, 3.8) is 0 Å². The summed E-state index contributed by atoms with van der Waals surface area (Å²) in [5.74, 6) is 0.804. The Morgan fingerprint density at radius 3 is 2.50 bits per heavy atom. The zero-order chi connectivity index (χ0) is 13.0. The summed E-state index contributed by atoms with van der Waals surface area (Å²) in [6, 6.07) is 13.8. The molecule has 0 saturated heterocycles. The molecule has 18 heavy (non-hydrogen) atoms. The number of nitrogens with one attached hydrogen (secondary N) is 1. The lowest BCUT2D eigenvalue weighted by molar-refractivity contribution is 0.223. The van der Waals surface area contributed by atoms with Crippen molar-refractivity contribution in [3.8, 4) is 0 Å². The van der Waals surface area contributed by atoms with Crippen molar-refractivity contribution in [2.45, 2.75) is 19.4 Å². The molecule has 0 saturated carbocycles. The normalized spacial score (nSPS) is 13.9. The molecule has 3 heteroatoms. The Morgan fingerprint density at radius 1 is 1.17 bits per heavy atom. The van der Waals surface area contributed by atoms with Crippen LogP contribution < -0.4 is 5.32 Å². The Balaban J connectivity index is 2.32. The Labute approximate surface area is 108 Å². The lowest BCUT2D eigenvalue weighted by Gasteiger charge is -2.30. The minimum atomic E-state index is -0.527. The van der Waals surface area contributed by atoms with Gasteiger partial charge in [0.2, 0.25) is 0 Å².